The molecule has 5 heteroatoms. The van der Waals surface area contributed by atoms with E-state index in [0.717, 1.165) is 31.4 Å². The number of carbonyl (C=O) groups is 2. The molecule has 1 aliphatic rings. The molecule has 1 aromatic rings. The Morgan fingerprint density at radius 2 is 2.04 bits per heavy atom. The molecule has 136 valence electrons. The van der Waals surface area contributed by atoms with Gasteiger partial charge in [0.05, 0.1) is 17.9 Å². The number of ether oxygens (including phenoxy) is 1. The molecule has 0 aromatic heterocycles. The zero-order valence-corrected chi connectivity index (χ0v) is 15.5. The molecular formula is C20H29N2O3+. The highest BCUT2D eigenvalue weighted by atomic mass is 16.5. The second-order valence-electron chi connectivity index (χ2n) is 6.40. The Kier molecular flexibility index (Phi) is 7.16. The van der Waals surface area contributed by atoms with Crippen molar-refractivity contribution in [2.75, 3.05) is 18.5 Å². The number of aryl methyl sites for hydroxylation is 1. The fourth-order valence-corrected chi connectivity index (χ4v) is 3.24. The van der Waals surface area contributed by atoms with E-state index in [9.17, 15) is 9.59 Å². The van der Waals surface area contributed by atoms with Crippen LogP contribution in [0.2, 0.25) is 0 Å². The summed E-state index contributed by atoms with van der Waals surface area (Å²) in [5.74, 6) is -0.476. The van der Waals surface area contributed by atoms with E-state index in [1.807, 2.05) is 19.9 Å². The lowest BCUT2D eigenvalue weighted by molar-refractivity contribution is -0.548. The Bertz CT molecular complexity index is 652. The van der Waals surface area contributed by atoms with Crippen molar-refractivity contribution in [2.24, 2.45) is 0 Å². The zero-order chi connectivity index (χ0) is 18.2. The van der Waals surface area contributed by atoms with Crippen molar-refractivity contribution >= 4 is 23.8 Å². The third kappa shape index (κ3) is 4.91. The lowest BCUT2D eigenvalue weighted by Crippen LogP contribution is -2.39. The van der Waals surface area contributed by atoms with E-state index in [-0.39, 0.29) is 11.9 Å². The summed E-state index contributed by atoms with van der Waals surface area (Å²) in [6, 6.07) is 5.17. The summed E-state index contributed by atoms with van der Waals surface area (Å²) >= 11 is 0. The van der Waals surface area contributed by atoms with Gasteiger partial charge in [0.25, 0.3) is 5.91 Å². The molecule has 0 saturated carbocycles. The largest absolute Gasteiger partial charge is 0.462 e. The molecule has 1 amide bonds. The fraction of sp³-hybridized carbons (Fsp3) is 0.550. The Morgan fingerprint density at radius 1 is 1.24 bits per heavy atom. The minimum absolute atomic E-state index is 0.0690. The summed E-state index contributed by atoms with van der Waals surface area (Å²) in [5.41, 5.74) is 1.82. The highest BCUT2D eigenvalue weighted by Crippen LogP contribution is 2.22. The van der Waals surface area contributed by atoms with Crippen LogP contribution in [0.4, 0.5) is 5.69 Å². The number of hydrogen-bond acceptors (Lipinski definition) is 3. The van der Waals surface area contributed by atoms with Gasteiger partial charge in [-0.05, 0) is 38.3 Å². The van der Waals surface area contributed by atoms with Gasteiger partial charge in [0.1, 0.15) is 12.8 Å². The lowest BCUT2D eigenvalue weighted by atomic mass is 10.1. The number of para-hydroxylation sites is 1. The molecule has 2 rings (SSSR count). The smallest absolute Gasteiger partial charge is 0.340 e. The topological polar surface area (TPSA) is 58.4 Å². The number of nitrogens with zero attached hydrogens (tertiary/aromatic N) is 1. The fourth-order valence-electron chi connectivity index (χ4n) is 3.24. The number of esters is 1. The Balaban J connectivity index is 2.24. The lowest BCUT2D eigenvalue weighted by Gasteiger charge is -2.17. The molecule has 1 heterocycles. The minimum Gasteiger partial charge on any atom is -0.462 e. The summed E-state index contributed by atoms with van der Waals surface area (Å²) in [5, 5.41) is 2.99. The first-order valence-electron chi connectivity index (χ1n) is 9.25. The molecule has 1 unspecified atom stereocenters. The van der Waals surface area contributed by atoms with Gasteiger partial charge in [0.2, 0.25) is 6.04 Å². The first kappa shape index (κ1) is 19.2. The van der Waals surface area contributed by atoms with Crippen LogP contribution in [0.25, 0.3) is 0 Å². The van der Waals surface area contributed by atoms with Crippen molar-refractivity contribution in [2.45, 2.75) is 58.9 Å². The number of benzene rings is 1. The molecular weight excluding hydrogens is 316 g/mol. The normalized spacial score (nSPS) is 15.7. The van der Waals surface area contributed by atoms with Gasteiger partial charge >= 0.3 is 5.97 Å². The van der Waals surface area contributed by atoms with Crippen molar-refractivity contribution < 1.29 is 18.9 Å². The van der Waals surface area contributed by atoms with Crippen LogP contribution in [0.5, 0.6) is 0 Å². The standard InChI is InChI=1S/C20H28N2O3/c1-4-17(22-13-8-6-7-9-14-22)19(23)21-18-15(3)11-10-12-16(18)20(24)25-5-2/h10-13,17H,4-9,14H2,1-3H3/p+1. The van der Waals surface area contributed by atoms with Crippen LogP contribution in [0.15, 0.2) is 18.2 Å². The third-order valence-corrected chi connectivity index (χ3v) is 4.59. The van der Waals surface area contributed by atoms with Crippen LogP contribution in [0, 0.1) is 6.92 Å². The Hall–Kier alpha value is -2.17. The monoisotopic (exact) mass is 345 g/mol. The summed E-state index contributed by atoms with van der Waals surface area (Å²) in [6.07, 6.45) is 7.39. The predicted molar refractivity (Wildman–Crippen MR) is 99.5 cm³/mol. The molecule has 1 aliphatic heterocycles. The van der Waals surface area contributed by atoms with Crippen LogP contribution in [0.3, 0.4) is 0 Å². The SMILES string of the molecule is CCOC(=O)c1cccc(C)c1NC(=O)C(CC)[N+]1=CCCCCC1. The van der Waals surface area contributed by atoms with Gasteiger partial charge in [-0.15, -0.1) is 0 Å². The van der Waals surface area contributed by atoms with Crippen molar-refractivity contribution in [1.82, 2.24) is 0 Å². The molecule has 0 aliphatic carbocycles. The van der Waals surface area contributed by atoms with Crippen molar-refractivity contribution in [3.05, 3.63) is 29.3 Å². The number of anilines is 1. The van der Waals surface area contributed by atoms with Crippen LogP contribution in [-0.4, -0.2) is 41.9 Å². The van der Waals surface area contributed by atoms with E-state index in [4.69, 9.17) is 4.74 Å². The van der Waals surface area contributed by atoms with Crippen LogP contribution >= 0.6 is 0 Å². The van der Waals surface area contributed by atoms with Crippen LogP contribution in [0.1, 0.15) is 61.9 Å². The maximum absolute atomic E-state index is 12.9. The van der Waals surface area contributed by atoms with Crippen LogP contribution in [-0.2, 0) is 9.53 Å². The van der Waals surface area contributed by atoms with Gasteiger partial charge < -0.3 is 10.1 Å². The van der Waals surface area contributed by atoms with Gasteiger partial charge in [-0.1, -0.05) is 19.1 Å². The van der Waals surface area contributed by atoms with E-state index in [2.05, 4.69) is 16.1 Å². The minimum atomic E-state index is -0.407. The van der Waals surface area contributed by atoms with Gasteiger partial charge in [-0.3, -0.25) is 4.79 Å². The van der Waals surface area contributed by atoms with Gasteiger partial charge in [0.15, 0.2) is 0 Å². The zero-order valence-electron chi connectivity index (χ0n) is 15.5. The van der Waals surface area contributed by atoms with E-state index >= 15 is 0 Å². The van der Waals surface area contributed by atoms with Crippen molar-refractivity contribution in [3.63, 3.8) is 0 Å². The molecule has 0 fully saturated rings. The quantitative estimate of drug-likeness (QED) is 0.634. The molecule has 1 N–H and O–H groups in total. The van der Waals surface area contributed by atoms with Crippen LogP contribution < -0.4 is 5.32 Å². The molecule has 1 atom stereocenters. The third-order valence-electron chi connectivity index (χ3n) is 4.59. The van der Waals surface area contributed by atoms with Crippen molar-refractivity contribution in [3.8, 4) is 0 Å². The number of carbonyl (C=O) groups excluding carboxylic acids is 2. The number of nitrogens with one attached hydrogen (secondary N) is 1. The summed E-state index contributed by atoms with van der Waals surface area (Å²) in [7, 11) is 0. The van der Waals surface area contributed by atoms with Crippen molar-refractivity contribution in [1.29, 1.82) is 0 Å². The van der Waals surface area contributed by atoms with Gasteiger partial charge in [-0.25, -0.2) is 9.37 Å². The molecule has 25 heavy (non-hydrogen) atoms. The second kappa shape index (κ2) is 9.35. The number of rotatable bonds is 6. The van der Waals surface area contributed by atoms with E-state index in [1.54, 1.807) is 19.1 Å². The first-order chi connectivity index (χ1) is 12.1. The predicted octanol–water partition coefficient (Wildman–Crippen LogP) is 3.55. The molecule has 0 radical (unpaired) electrons. The summed E-state index contributed by atoms with van der Waals surface area (Å²) in [4.78, 5) is 25.1. The van der Waals surface area contributed by atoms with E-state index < -0.39 is 5.97 Å². The molecule has 5 nitrogen and oxygen atoms in total. The molecule has 0 saturated heterocycles. The first-order valence-corrected chi connectivity index (χ1v) is 9.25. The highest BCUT2D eigenvalue weighted by Gasteiger charge is 2.29. The summed E-state index contributed by atoms with van der Waals surface area (Å²) < 4.78 is 7.28. The average molecular weight is 345 g/mol. The Labute approximate surface area is 150 Å². The number of amides is 1. The van der Waals surface area contributed by atoms with Gasteiger partial charge in [0, 0.05) is 19.3 Å². The maximum atomic E-state index is 12.9. The summed E-state index contributed by atoms with van der Waals surface area (Å²) in [6.45, 7) is 6.89. The second-order valence-corrected chi connectivity index (χ2v) is 6.40. The van der Waals surface area contributed by atoms with Gasteiger partial charge in [-0.2, -0.15) is 0 Å². The average Bonchev–Trinajstić information content (AvgIpc) is 2.87. The highest BCUT2D eigenvalue weighted by molar-refractivity contribution is 6.03. The number of hydrogen-bond donors (Lipinski definition) is 1. The Morgan fingerprint density at radius 3 is 2.76 bits per heavy atom. The molecule has 1 aromatic carbocycles. The van der Waals surface area contributed by atoms with E-state index in [1.165, 1.54) is 12.8 Å². The van der Waals surface area contributed by atoms with E-state index in [0.29, 0.717) is 17.9 Å². The maximum Gasteiger partial charge on any atom is 0.340 e. The molecule has 0 bridgehead atoms. The molecule has 0 spiro atoms.